The van der Waals surface area contributed by atoms with E-state index in [-0.39, 0.29) is 0 Å². The van der Waals surface area contributed by atoms with E-state index in [1.807, 2.05) is 0 Å². The van der Waals surface area contributed by atoms with Gasteiger partial charge in [0, 0.05) is 0 Å². The summed E-state index contributed by atoms with van der Waals surface area (Å²) in [4.78, 5) is 0. The SMILES string of the molecule is CC(F)C(F)(F)OCC(F)(P)C(F)F. The van der Waals surface area contributed by atoms with E-state index in [0.29, 0.717) is 6.92 Å². The average Bonchev–Trinajstić information content (AvgIpc) is 2.01. The van der Waals surface area contributed by atoms with Crippen molar-refractivity contribution in [2.75, 3.05) is 6.61 Å². The highest BCUT2D eigenvalue weighted by atomic mass is 31.0. The summed E-state index contributed by atoms with van der Waals surface area (Å²) in [7, 11) is 1.04. The molecule has 0 saturated heterocycles. The van der Waals surface area contributed by atoms with Crippen molar-refractivity contribution in [3.8, 4) is 0 Å². The molecule has 14 heavy (non-hydrogen) atoms. The van der Waals surface area contributed by atoms with Gasteiger partial charge in [-0.25, -0.2) is 17.6 Å². The predicted octanol–water partition coefficient (Wildman–Crippen LogP) is 2.76. The van der Waals surface area contributed by atoms with Gasteiger partial charge in [-0.3, -0.25) is 0 Å². The Labute approximate surface area is 79.0 Å². The van der Waals surface area contributed by atoms with Crippen LogP contribution in [-0.2, 0) is 4.74 Å². The molecule has 0 aliphatic rings. The highest BCUT2D eigenvalue weighted by molar-refractivity contribution is 7.18. The van der Waals surface area contributed by atoms with Gasteiger partial charge in [0.2, 0.25) is 5.41 Å². The van der Waals surface area contributed by atoms with Crippen LogP contribution in [0.1, 0.15) is 6.92 Å². The standard InChI is InChI=1S/C6H9F6OP/c1-3(7)6(11,12)13-2-5(10,14)4(8)9/h3-4H,2,14H2,1H3. The van der Waals surface area contributed by atoms with Gasteiger partial charge in [-0.2, -0.15) is 8.78 Å². The molecule has 1 nitrogen and oxygen atoms in total. The van der Waals surface area contributed by atoms with Crippen molar-refractivity contribution in [3.63, 3.8) is 0 Å². The Hall–Kier alpha value is -0.0300. The van der Waals surface area contributed by atoms with E-state index < -0.39 is 30.7 Å². The number of halogens is 6. The summed E-state index contributed by atoms with van der Waals surface area (Å²) in [6.07, 6.45) is -10.5. The van der Waals surface area contributed by atoms with Crippen molar-refractivity contribution < 1.29 is 31.1 Å². The van der Waals surface area contributed by atoms with Crippen molar-refractivity contribution in [1.82, 2.24) is 0 Å². The fourth-order valence-corrected chi connectivity index (χ4v) is 0.468. The summed E-state index contributed by atoms with van der Waals surface area (Å²) < 4.78 is 76.3. The number of hydrogen-bond acceptors (Lipinski definition) is 1. The lowest BCUT2D eigenvalue weighted by Crippen LogP contribution is -2.38. The second-order valence-corrected chi connectivity index (χ2v) is 3.65. The van der Waals surface area contributed by atoms with Gasteiger partial charge in [0.1, 0.15) is 0 Å². The Morgan fingerprint density at radius 3 is 1.93 bits per heavy atom. The van der Waals surface area contributed by atoms with Crippen molar-refractivity contribution >= 4 is 9.24 Å². The fraction of sp³-hybridized carbons (Fsp3) is 1.00. The molecule has 0 rings (SSSR count). The fourth-order valence-electron chi connectivity index (χ4n) is 0.385. The molecule has 0 aliphatic heterocycles. The van der Waals surface area contributed by atoms with E-state index in [1.165, 1.54) is 0 Å². The first-order valence-electron chi connectivity index (χ1n) is 3.51. The predicted molar refractivity (Wildman–Crippen MR) is 41.0 cm³/mol. The summed E-state index contributed by atoms with van der Waals surface area (Å²) in [5.41, 5.74) is 0. The van der Waals surface area contributed by atoms with E-state index >= 15 is 0 Å². The lowest BCUT2D eigenvalue weighted by molar-refractivity contribution is -0.281. The Bertz CT molecular complexity index is 163. The molecule has 0 aromatic carbocycles. The van der Waals surface area contributed by atoms with Crippen LogP contribution in [0.2, 0.25) is 0 Å². The van der Waals surface area contributed by atoms with Gasteiger partial charge >= 0.3 is 6.11 Å². The molecular formula is C6H9F6OP. The molecule has 3 unspecified atom stereocenters. The minimum Gasteiger partial charge on any atom is -0.314 e. The molecule has 0 spiro atoms. The molecule has 8 heteroatoms. The lowest BCUT2D eigenvalue weighted by atomic mass is 10.4. The van der Waals surface area contributed by atoms with Crippen LogP contribution in [0.3, 0.4) is 0 Å². The van der Waals surface area contributed by atoms with Gasteiger partial charge in [-0.15, -0.1) is 0 Å². The van der Waals surface area contributed by atoms with E-state index in [4.69, 9.17) is 0 Å². The van der Waals surface area contributed by atoms with Gasteiger partial charge in [-0.05, 0) is 6.92 Å². The van der Waals surface area contributed by atoms with Crippen LogP contribution in [0.5, 0.6) is 0 Å². The Morgan fingerprint density at radius 1 is 1.21 bits per heavy atom. The molecule has 0 amide bonds. The Kier molecular flexibility index (Phi) is 4.65. The third kappa shape index (κ3) is 4.00. The third-order valence-electron chi connectivity index (χ3n) is 1.31. The molecule has 0 fully saturated rings. The zero-order chi connectivity index (χ0) is 11.6. The summed E-state index contributed by atoms with van der Waals surface area (Å²) in [6, 6.07) is 0. The number of rotatable bonds is 5. The first-order valence-corrected chi connectivity index (χ1v) is 4.09. The van der Waals surface area contributed by atoms with E-state index in [1.54, 1.807) is 0 Å². The quantitative estimate of drug-likeness (QED) is 0.532. The van der Waals surface area contributed by atoms with Crippen molar-refractivity contribution in [1.29, 1.82) is 0 Å². The third-order valence-corrected chi connectivity index (χ3v) is 1.73. The maximum Gasteiger partial charge on any atom is 0.386 e. The first-order chi connectivity index (χ1) is 6.09. The highest BCUT2D eigenvalue weighted by Crippen LogP contribution is 2.32. The van der Waals surface area contributed by atoms with Crippen LogP contribution < -0.4 is 0 Å². The number of ether oxygens (including phenoxy) is 1. The number of alkyl halides is 6. The molecule has 0 bridgehead atoms. The summed E-state index contributed by atoms with van der Waals surface area (Å²) in [6.45, 7) is -1.12. The Balaban J connectivity index is 4.18. The van der Waals surface area contributed by atoms with Crippen LogP contribution >= 0.6 is 9.24 Å². The first kappa shape index (κ1) is 14.0. The topological polar surface area (TPSA) is 9.23 Å². The number of hydrogen-bond donors (Lipinski definition) is 0. The Morgan fingerprint density at radius 2 is 1.64 bits per heavy atom. The molecule has 0 aromatic heterocycles. The van der Waals surface area contributed by atoms with Crippen molar-refractivity contribution in [3.05, 3.63) is 0 Å². The van der Waals surface area contributed by atoms with E-state index in [9.17, 15) is 26.3 Å². The second-order valence-electron chi connectivity index (χ2n) is 2.69. The lowest BCUT2D eigenvalue weighted by Gasteiger charge is -2.23. The smallest absolute Gasteiger partial charge is 0.314 e. The molecule has 0 heterocycles. The van der Waals surface area contributed by atoms with E-state index in [0.717, 1.165) is 9.24 Å². The highest BCUT2D eigenvalue weighted by Gasteiger charge is 2.44. The van der Waals surface area contributed by atoms with Gasteiger partial charge in [0.05, 0.1) is 6.61 Å². The zero-order valence-electron chi connectivity index (χ0n) is 7.12. The average molecular weight is 242 g/mol. The molecule has 0 saturated carbocycles. The van der Waals surface area contributed by atoms with Crippen LogP contribution in [0, 0.1) is 0 Å². The molecule has 86 valence electrons. The zero-order valence-corrected chi connectivity index (χ0v) is 8.27. The summed E-state index contributed by atoms with van der Waals surface area (Å²) in [5, 5.41) is -3.29. The summed E-state index contributed by atoms with van der Waals surface area (Å²) in [5.74, 6) is 0. The minimum absolute atomic E-state index is 0.477. The second kappa shape index (κ2) is 4.66. The van der Waals surface area contributed by atoms with Gasteiger partial charge in [-0.1, -0.05) is 9.24 Å². The molecular weight excluding hydrogens is 233 g/mol. The van der Waals surface area contributed by atoms with Crippen molar-refractivity contribution in [2.45, 2.75) is 31.0 Å². The van der Waals surface area contributed by atoms with Crippen LogP contribution in [-0.4, -0.2) is 30.7 Å². The van der Waals surface area contributed by atoms with Crippen LogP contribution in [0.4, 0.5) is 26.3 Å². The monoisotopic (exact) mass is 242 g/mol. The largest absolute Gasteiger partial charge is 0.386 e. The molecule has 0 aliphatic carbocycles. The molecule has 0 aromatic rings. The summed E-state index contributed by atoms with van der Waals surface area (Å²) >= 11 is 0. The van der Waals surface area contributed by atoms with Gasteiger partial charge < -0.3 is 4.74 Å². The van der Waals surface area contributed by atoms with Crippen LogP contribution in [0.15, 0.2) is 0 Å². The minimum atomic E-state index is -4.26. The molecule has 0 radical (unpaired) electrons. The maximum absolute atomic E-state index is 12.6. The van der Waals surface area contributed by atoms with E-state index in [2.05, 4.69) is 4.74 Å². The molecule has 3 atom stereocenters. The van der Waals surface area contributed by atoms with Crippen LogP contribution in [0.25, 0.3) is 0 Å². The van der Waals surface area contributed by atoms with Crippen molar-refractivity contribution in [2.24, 2.45) is 0 Å². The maximum atomic E-state index is 12.6. The van der Waals surface area contributed by atoms with Gasteiger partial charge in [0.15, 0.2) is 6.17 Å². The van der Waals surface area contributed by atoms with Gasteiger partial charge in [0.25, 0.3) is 6.43 Å². The molecule has 0 N–H and O–H groups in total. The normalized spacial score (nSPS) is 19.5.